The number of hydrogen-bond donors (Lipinski definition) is 1. The van der Waals surface area contributed by atoms with Gasteiger partial charge in [0.25, 0.3) is 0 Å². The molecule has 4 nitrogen and oxygen atoms in total. The van der Waals surface area contributed by atoms with Crippen molar-refractivity contribution in [2.24, 2.45) is 0 Å². The topological polar surface area (TPSA) is 46.5 Å². The van der Waals surface area contributed by atoms with Crippen molar-refractivity contribution >= 4 is 7.60 Å². The quantitative estimate of drug-likeness (QED) is 0.117. The molecule has 0 rings (SSSR count). The molecular formula is C22H47NO3P+. The number of rotatable bonds is 18. The fourth-order valence-corrected chi connectivity index (χ4v) is 5.39. The lowest BCUT2D eigenvalue weighted by molar-refractivity contribution is -0.883. The number of nitrogens with zero attached hydrogens (tertiary/aromatic N) is 1. The van der Waals surface area contributed by atoms with Gasteiger partial charge in [-0.15, -0.1) is 0 Å². The lowest BCUT2D eigenvalue weighted by Gasteiger charge is -2.35. The van der Waals surface area contributed by atoms with Crippen molar-refractivity contribution in [3.63, 3.8) is 0 Å². The molecule has 0 heterocycles. The van der Waals surface area contributed by atoms with Gasteiger partial charge in [0.05, 0.1) is 27.7 Å². The molecule has 0 saturated carbocycles. The highest BCUT2D eigenvalue weighted by atomic mass is 31.2. The van der Waals surface area contributed by atoms with Gasteiger partial charge in [-0.1, -0.05) is 70.9 Å². The van der Waals surface area contributed by atoms with Crippen molar-refractivity contribution in [2.75, 3.05) is 27.7 Å². The van der Waals surface area contributed by atoms with Gasteiger partial charge in [-0.25, -0.2) is 0 Å². The summed E-state index contributed by atoms with van der Waals surface area (Å²) in [6.45, 7) is 4.59. The van der Waals surface area contributed by atoms with E-state index in [1.807, 2.05) is 28.1 Å². The van der Waals surface area contributed by atoms with Crippen LogP contribution in [0.5, 0.6) is 0 Å². The molecule has 2 atom stereocenters. The van der Waals surface area contributed by atoms with E-state index in [-0.39, 0.29) is 5.78 Å². The fraction of sp³-hybridized carbons (Fsp3) is 0.909. The molecule has 0 fully saturated rings. The second-order valence-corrected chi connectivity index (χ2v) is 10.6. The minimum Gasteiger partial charge on any atom is -0.320 e. The first kappa shape index (κ1) is 26.9. The van der Waals surface area contributed by atoms with Gasteiger partial charge in [0, 0.05) is 6.42 Å². The molecule has 0 aliphatic heterocycles. The van der Waals surface area contributed by atoms with Gasteiger partial charge in [0.2, 0.25) is 0 Å². The molecule has 0 aliphatic carbocycles. The number of hydrogen-bond acceptors (Lipinski definition) is 2. The highest BCUT2D eigenvalue weighted by Crippen LogP contribution is 2.51. The van der Waals surface area contributed by atoms with Crippen molar-refractivity contribution in [3.8, 4) is 0 Å². The van der Waals surface area contributed by atoms with E-state index in [0.717, 1.165) is 12.8 Å². The maximum Gasteiger partial charge on any atom is 0.385 e. The van der Waals surface area contributed by atoms with Crippen LogP contribution >= 0.6 is 7.60 Å². The summed E-state index contributed by atoms with van der Waals surface area (Å²) >= 11 is 0. The predicted molar refractivity (Wildman–Crippen MR) is 118 cm³/mol. The van der Waals surface area contributed by atoms with Crippen LogP contribution in [0.1, 0.15) is 97.3 Å². The molecule has 0 saturated heterocycles. The molecule has 0 aliphatic rings. The molecule has 0 radical (unpaired) electrons. The van der Waals surface area contributed by atoms with Crippen molar-refractivity contribution in [1.82, 2.24) is 0 Å². The van der Waals surface area contributed by atoms with Crippen LogP contribution in [0, 0.1) is 0 Å². The number of unbranched alkanes of at least 4 members (excludes halogenated alkanes) is 10. The van der Waals surface area contributed by atoms with Crippen LogP contribution in [0.3, 0.4) is 0 Å². The summed E-state index contributed by atoms with van der Waals surface area (Å²) in [5, 5.41) is 0. The van der Waals surface area contributed by atoms with Gasteiger partial charge < -0.3 is 13.9 Å². The van der Waals surface area contributed by atoms with E-state index < -0.39 is 7.60 Å². The summed E-state index contributed by atoms with van der Waals surface area (Å²) in [4.78, 5) is 10.2. The van der Waals surface area contributed by atoms with Gasteiger partial charge in [-0.2, -0.15) is 0 Å². The van der Waals surface area contributed by atoms with E-state index >= 15 is 0 Å². The molecular weight excluding hydrogens is 357 g/mol. The molecule has 2 unspecified atom stereocenters. The van der Waals surface area contributed by atoms with Crippen LogP contribution in [0.2, 0.25) is 0 Å². The Balaban J connectivity index is 3.59. The Morgan fingerprint density at radius 3 is 1.81 bits per heavy atom. The maximum absolute atomic E-state index is 12.4. The zero-order valence-electron chi connectivity index (χ0n) is 18.8. The summed E-state index contributed by atoms with van der Waals surface area (Å²) in [5.41, 5.74) is 0. The molecule has 27 heavy (non-hydrogen) atoms. The minimum atomic E-state index is -3.55. The minimum absolute atomic E-state index is 0.350. The number of allylic oxidation sites excluding steroid dienone is 2. The number of quaternary nitrogens is 1. The highest BCUT2D eigenvalue weighted by Gasteiger charge is 2.41. The van der Waals surface area contributed by atoms with E-state index in [4.69, 9.17) is 4.52 Å². The van der Waals surface area contributed by atoms with E-state index in [1.54, 1.807) is 0 Å². The first-order chi connectivity index (χ1) is 12.8. The van der Waals surface area contributed by atoms with Crippen LogP contribution in [0.15, 0.2) is 12.2 Å². The predicted octanol–water partition coefficient (Wildman–Crippen LogP) is 6.89. The Morgan fingerprint density at radius 1 is 0.852 bits per heavy atom. The first-order valence-corrected chi connectivity index (χ1v) is 12.8. The molecule has 0 aromatic rings. The van der Waals surface area contributed by atoms with Gasteiger partial charge in [-0.3, -0.25) is 4.57 Å². The van der Waals surface area contributed by atoms with Crippen molar-refractivity contribution in [2.45, 2.75) is 103 Å². The van der Waals surface area contributed by atoms with Gasteiger partial charge >= 0.3 is 7.60 Å². The maximum atomic E-state index is 12.4. The largest absolute Gasteiger partial charge is 0.385 e. The normalized spacial score (nSPS) is 15.9. The molecule has 0 aromatic carbocycles. The Labute approximate surface area is 169 Å². The molecule has 0 amide bonds. The van der Waals surface area contributed by atoms with Crippen molar-refractivity contribution in [3.05, 3.63) is 12.2 Å². The Kier molecular flexibility index (Phi) is 15.6. The van der Waals surface area contributed by atoms with Crippen molar-refractivity contribution < 1.29 is 18.5 Å². The molecule has 0 aromatic heterocycles. The van der Waals surface area contributed by atoms with Gasteiger partial charge in [-0.05, 0) is 32.1 Å². The third kappa shape index (κ3) is 14.5. The summed E-state index contributed by atoms with van der Waals surface area (Å²) in [7, 11) is 2.29. The van der Waals surface area contributed by atoms with Gasteiger partial charge in [0.15, 0.2) is 5.78 Å². The summed E-state index contributed by atoms with van der Waals surface area (Å²) < 4.78 is 18.3. The average Bonchev–Trinajstić information content (AvgIpc) is 2.57. The summed E-state index contributed by atoms with van der Waals surface area (Å²) in [6.07, 6.45) is 20.1. The van der Waals surface area contributed by atoms with E-state index in [2.05, 4.69) is 19.1 Å². The molecule has 0 spiro atoms. The first-order valence-electron chi connectivity index (χ1n) is 11.2. The third-order valence-electron chi connectivity index (χ3n) is 5.07. The average molecular weight is 405 g/mol. The summed E-state index contributed by atoms with van der Waals surface area (Å²) in [5.74, 6) is -0.350. The summed E-state index contributed by atoms with van der Waals surface area (Å²) in [6, 6.07) is 0. The molecule has 162 valence electrons. The highest BCUT2D eigenvalue weighted by molar-refractivity contribution is 7.53. The van der Waals surface area contributed by atoms with Crippen LogP contribution in [-0.4, -0.2) is 42.9 Å². The molecule has 0 bridgehead atoms. The van der Waals surface area contributed by atoms with Crippen molar-refractivity contribution in [1.29, 1.82) is 0 Å². The van der Waals surface area contributed by atoms with E-state index in [1.165, 1.54) is 64.2 Å². The third-order valence-corrected chi connectivity index (χ3v) is 7.43. The Hall–Kier alpha value is -0.150. The van der Waals surface area contributed by atoms with Crippen LogP contribution < -0.4 is 0 Å². The monoisotopic (exact) mass is 404 g/mol. The fourth-order valence-electron chi connectivity index (χ4n) is 3.49. The Bertz CT molecular complexity index is 418. The van der Waals surface area contributed by atoms with Crippen LogP contribution in [0.4, 0.5) is 0 Å². The Morgan fingerprint density at radius 2 is 1.33 bits per heavy atom. The van der Waals surface area contributed by atoms with E-state index in [0.29, 0.717) is 17.5 Å². The smallest absolute Gasteiger partial charge is 0.320 e. The van der Waals surface area contributed by atoms with Crippen LogP contribution in [-0.2, 0) is 9.09 Å². The second kappa shape index (κ2) is 15.7. The van der Waals surface area contributed by atoms with Gasteiger partial charge in [0.1, 0.15) is 0 Å². The van der Waals surface area contributed by atoms with E-state index in [9.17, 15) is 9.46 Å². The standard InChI is InChI=1S/C22H46NO3P/c1-6-8-9-10-11-12-13-14-15-16-17-18-19-20-21-26-27(24,25)22(7-2)23(3,4)5/h12-13,22H,6-11,14-21H2,1-5H3/p+1. The molecule has 1 N–H and O–H groups in total. The lowest BCUT2D eigenvalue weighted by atomic mass is 10.1. The van der Waals surface area contributed by atoms with Crippen LogP contribution in [0.25, 0.3) is 0 Å². The zero-order valence-corrected chi connectivity index (χ0v) is 19.7. The SMILES string of the molecule is CCCCCCC=CCCCCCCCCOP(=O)(O)C(CC)[N+](C)(C)C. The molecule has 5 heteroatoms. The lowest BCUT2D eigenvalue weighted by Crippen LogP contribution is -2.44. The second-order valence-electron chi connectivity index (χ2n) is 8.63. The zero-order chi connectivity index (χ0) is 20.6.